The summed E-state index contributed by atoms with van der Waals surface area (Å²) in [6.45, 7) is 1.76. The summed E-state index contributed by atoms with van der Waals surface area (Å²) in [6, 6.07) is 13.4. The van der Waals surface area contributed by atoms with Crippen molar-refractivity contribution in [2.24, 2.45) is 0 Å². The van der Waals surface area contributed by atoms with Crippen molar-refractivity contribution in [3.05, 3.63) is 69.8 Å². The molecule has 0 saturated heterocycles. The molecule has 0 spiro atoms. The van der Waals surface area contributed by atoms with Gasteiger partial charge in [0.05, 0.1) is 10.6 Å². The fourth-order valence-corrected chi connectivity index (χ4v) is 3.58. The number of non-ortho nitro benzene ring substituents is 1. The van der Waals surface area contributed by atoms with Gasteiger partial charge in [0.25, 0.3) is 5.69 Å². The van der Waals surface area contributed by atoms with Crippen molar-refractivity contribution in [3.63, 3.8) is 0 Å². The highest BCUT2D eigenvalue weighted by atomic mass is 35.5. The van der Waals surface area contributed by atoms with Crippen LogP contribution in [0.1, 0.15) is 17.5 Å². The van der Waals surface area contributed by atoms with Crippen molar-refractivity contribution in [2.75, 3.05) is 5.32 Å². The second-order valence-corrected chi connectivity index (χ2v) is 7.35. The van der Waals surface area contributed by atoms with E-state index in [-0.39, 0.29) is 18.0 Å². The zero-order valence-corrected chi connectivity index (χ0v) is 14.3. The number of anilines is 1. The monoisotopic (exact) mass is 364 g/mol. The van der Waals surface area contributed by atoms with E-state index >= 15 is 0 Å². The lowest BCUT2D eigenvalue weighted by molar-refractivity contribution is -0.384. The van der Waals surface area contributed by atoms with E-state index in [9.17, 15) is 14.9 Å². The van der Waals surface area contributed by atoms with E-state index in [4.69, 9.17) is 23.2 Å². The lowest BCUT2D eigenvalue weighted by Gasteiger charge is -2.19. The van der Waals surface area contributed by atoms with Crippen LogP contribution in [0.5, 0.6) is 0 Å². The maximum atomic E-state index is 12.9. The summed E-state index contributed by atoms with van der Waals surface area (Å²) in [5.74, 6) is -0.373. The lowest BCUT2D eigenvalue weighted by Crippen LogP contribution is -2.32. The van der Waals surface area contributed by atoms with Gasteiger partial charge in [0, 0.05) is 18.6 Å². The van der Waals surface area contributed by atoms with Gasteiger partial charge in [-0.3, -0.25) is 14.9 Å². The Kier molecular flexibility index (Phi) is 4.01. The second-order valence-electron chi connectivity index (χ2n) is 5.86. The molecule has 1 atom stereocenters. The fourth-order valence-electron chi connectivity index (χ4n) is 2.79. The van der Waals surface area contributed by atoms with Crippen LogP contribution in [0.25, 0.3) is 0 Å². The molecule has 2 aromatic rings. The standard InChI is InChI=1S/C17H14Cl2N2O3/c1-11-7-8-13(21(23)24)9-14(11)20-15(22)16(10-17(16,18)19)12-5-3-2-4-6-12/h2-9H,10H2,1H3,(H,20,22)/t16-/m0/s1. The van der Waals surface area contributed by atoms with Gasteiger partial charge in [0.15, 0.2) is 0 Å². The number of hydrogen-bond acceptors (Lipinski definition) is 3. The first kappa shape index (κ1) is 16.7. The average molecular weight is 365 g/mol. The molecule has 7 heteroatoms. The molecule has 0 aliphatic heterocycles. The third-order valence-electron chi connectivity index (χ3n) is 4.32. The Hall–Kier alpha value is -2.11. The molecule has 3 rings (SSSR count). The number of halogens is 2. The molecule has 1 amide bonds. The number of alkyl halides is 2. The van der Waals surface area contributed by atoms with Crippen LogP contribution in [0.2, 0.25) is 0 Å². The van der Waals surface area contributed by atoms with Gasteiger partial charge >= 0.3 is 0 Å². The highest BCUT2D eigenvalue weighted by Crippen LogP contribution is 2.65. The van der Waals surface area contributed by atoms with Crippen LogP contribution in [0.4, 0.5) is 11.4 Å². The number of benzene rings is 2. The van der Waals surface area contributed by atoms with E-state index < -0.39 is 14.7 Å². The van der Waals surface area contributed by atoms with Crippen molar-refractivity contribution in [1.29, 1.82) is 0 Å². The molecular formula is C17H14Cl2N2O3. The summed E-state index contributed by atoms with van der Waals surface area (Å²) in [4.78, 5) is 23.3. The number of rotatable bonds is 4. The van der Waals surface area contributed by atoms with E-state index in [1.165, 1.54) is 12.1 Å². The summed E-state index contributed by atoms with van der Waals surface area (Å²) < 4.78 is -1.20. The molecule has 1 aliphatic carbocycles. The zero-order chi connectivity index (χ0) is 17.5. The van der Waals surface area contributed by atoms with Crippen molar-refractivity contribution in [3.8, 4) is 0 Å². The highest BCUT2D eigenvalue weighted by Gasteiger charge is 2.72. The summed E-state index contributed by atoms with van der Waals surface area (Å²) in [7, 11) is 0. The van der Waals surface area contributed by atoms with Crippen LogP contribution >= 0.6 is 23.2 Å². The fraction of sp³-hybridized carbons (Fsp3) is 0.235. The zero-order valence-electron chi connectivity index (χ0n) is 12.8. The summed E-state index contributed by atoms with van der Waals surface area (Å²) in [5, 5.41) is 13.7. The van der Waals surface area contributed by atoms with Crippen molar-refractivity contribution in [2.45, 2.75) is 23.1 Å². The van der Waals surface area contributed by atoms with Gasteiger partial charge in [-0.25, -0.2) is 0 Å². The van der Waals surface area contributed by atoms with E-state index in [0.717, 1.165) is 5.56 Å². The summed E-state index contributed by atoms with van der Waals surface area (Å²) in [5.41, 5.74) is 0.654. The number of nitro groups is 1. The maximum Gasteiger partial charge on any atom is 0.271 e. The Labute approximate surface area is 148 Å². The molecule has 1 aliphatic rings. The molecular weight excluding hydrogens is 351 g/mol. The Morgan fingerprint density at radius 2 is 1.83 bits per heavy atom. The SMILES string of the molecule is Cc1ccc([N+](=O)[O-])cc1NC(=O)[C@@]1(c2ccccc2)CC1(Cl)Cl. The van der Waals surface area contributed by atoms with Crippen LogP contribution < -0.4 is 5.32 Å². The lowest BCUT2D eigenvalue weighted by atomic mass is 9.94. The minimum absolute atomic E-state index is 0.0940. The third-order valence-corrected chi connectivity index (χ3v) is 5.23. The van der Waals surface area contributed by atoms with Crippen LogP contribution in [0.3, 0.4) is 0 Å². The minimum atomic E-state index is -1.20. The van der Waals surface area contributed by atoms with Crippen LogP contribution in [0, 0.1) is 17.0 Å². The van der Waals surface area contributed by atoms with E-state index in [0.29, 0.717) is 11.3 Å². The first-order chi connectivity index (χ1) is 11.3. The molecule has 1 N–H and O–H groups in total. The van der Waals surface area contributed by atoms with Crippen LogP contribution in [0.15, 0.2) is 48.5 Å². The molecule has 0 bridgehead atoms. The first-order valence-electron chi connectivity index (χ1n) is 7.28. The molecule has 24 heavy (non-hydrogen) atoms. The number of nitrogens with one attached hydrogen (secondary N) is 1. The predicted octanol–water partition coefficient (Wildman–Crippen LogP) is 4.36. The number of carbonyl (C=O) groups is 1. The Morgan fingerprint density at radius 3 is 2.38 bits per heavy atom. The van der Waals surface area contributed by atoms with E-state index in [1.807, 2.05) is 18.2 Å². The molecule has 0 heterocycles. The first-order valence-corrected chi connectivity index (χ1v) is 8.03. The molecule has 2 aromatic carbocycles. The molecule has 1 fully saturated rings. The van der Waals surface area contributed by atoms with Gasteiger partial charge in [-0.05, 0) is 18.1 Å². The number of carbonyl (C=O) groups excluding carboxylic acids is 1. The molecule has 0 unspecified atom stereocenters. The largest absolute Gasteiger partial charge is 0.325 e. The van der Waals surface area contributed by atoms with Gasteiger partial charge < -0.3 is 5.32 Å². The topological polar surface area (TPSA) is 72.2 Å². The Balaban J connectivity index is 1.95. The second kappa shape index (κ2) is 5.76. The number of amides is 1. The molecule has 5 nitrogen and oxygen atoms in total. The van der Waals surface area contributed by atoms with Gasteiger partial charge in [-0.2, -0.15) is 0 Å². The average Bonchev–Trinajstić information content (AvgIpc) is 3.14. The Bertz CT molecular complexity index is 824. The van der Waals surface area contributed by atoms with Gasteiger partial charge in [0.1, 0.15) is 9.75 Å². The van der Waals surface area contributed by atoms with Crippen LogP contribution in [-0.2, 0) is 10.2 Å². The van der Waals surface area contributed by atoms with Crippen molar-refractivity contribution in [1.82, 2.24) is 0 Å². The number of nitro benzene ring substituents is 1. The van der Waals surface area contributed by atoms with Gasteiger partial charge in [-0.1, -0.05) is 36.4 Å². The maximum absolute atomic E-state index is 12.9. The number of aryl methyl sites for hydroxylation is 1. The summed E-state index contributed by atoms with van der Waals surface area (Å²) >= 11 is 12.6. The van der Waals surface area contributed by atoms with E-state index in [2.05, 4.69) is 5.32 Å². The number of nitrogens with zero attached hydrogens (tertiary/aromatic N) is 1. The van der Waals surface area contributed by atoms with Crippen molar-refractivity contribution < 1.29 is 9.72 Å². The minimum Gasteiger partial charge on any atom is -0.325 e. The van der Waals surface area contributed by atoms with Gasteiger partial charge in [-0.15, -0.1) is 23.2 Å². The smallest absolute Gasteiger partial charge is 0.271 e. The van der Waals surface area contributed by atoms with Crippen LogP contribution in [-0.4, -0.2) is 15.2 Å². The van der Waals surface area contributed by atoms with E-state index in [1.54, 1.807) is 25.1 Å². The summed E-state index contributed by atoms with van der Waals surface area (Å²) in [6.07, 6.45) is 0.285. The highest BCUT2D eigenvalue weighted by molar-refractivity contribution is 6.54. The number of hydrogen-bond donors (Lipinski definition) is 1. The molecule has 0 radical (unpaired) electrons. The molecule has 1 saturated carbocycles. The Morgan fingerprint density at radius 1 is 1.21 bits per heavy atom. The quantitative estimate of drug-likeness (QED) is 0.497. The third kappa shape index (κ3) is 2.64. The van der Waals surface area contributed by atoms with Gasteiger partial charge in [0.2, 0.25) is 5.91 Å². The molecule has 0 aromatic heterocycles. The predicted molar refractivity (Wildman–Crippen MR) is 93.6 cm³/mol. The normalized spacial score (nSPS) is 21.1. The molecule has 124 valence electrons. The van der Waals surface area contributed by atoms with Crippen molar-refractivity contribution >= 4 is 40.5 Å².